The predicted molar refractivity (Wildman–Crippen MR) is 81.0 cm³/mol. The predicted octanol–water partition coefficient (Wildman–Crippen LogP) is 1.18. The first-order chi connectivity index (χ1) is 9.97. The zero-order chi connectivity index (χ0) is 15.1. The van der Waals surface area contributed by atoms with Crippen molar-refractivity contribution in [2.45, 2.75) is 13.3 Å². The van der Waals surface area contributed by atoms with Crippen LogP contribution in [-0.4, -0.2) is 12.5 Å². The highest BCUT2D eigenvalue weighted by Gasteiger charge is 2.23. The van der Waals surface area contributed by atoms with Gasteiger partial charge in [-0.1, -0.05) is 18.2 Å². The lowest BCUT2D eigenvalue weighted by Gasteiger charge is -2.15. The van der Waals surface area contributed by atoms with Crippen molar-refractivity contribution in [2.24, 2.45) is 0 Å². The zero-order valence-corrected chi connectivity index (χ0v) is 11.6. The van der Waals surface area contributed by atoms with Gasteiger partial charge < -0.3 is 10.6 Å². The Bertz CT molecular complexity index is 842. The van der Waals surface area contributed by atoms with E-state index in [1.807, 2.05) is 13.0 Å². The summed E-state index contributed by atoms with van der Waals surface area (Å²) in [6, 6.07) is 4.87. The molecule has 0 aliphatic carbocycles. The average Bonchev–Trinajstić information content (AvgIpc) is 2.61. The molecular weight excluding hydrogens is 268 g/mol. The lowest BCUT2D eigenvalue weighted by molar-refractivity contribution is 0.0959. The maximum Gasteiger partial charge on any atom is 0.253 e. The number of anilines is 2. The molecule has 0 unspecified atom stereocenters. The minimum Gasteiger partial charge on any atom is -0.351 e. The molecule has 0 saturated carbocycles. The summed E-state index contributed by atoms with van der Waals surface area (Å²) in [7, 11) is 0. The van der Waals surface area contributed by atoms with Crippen LogP contribution in [0.15, 0.2) is 39.9 Å². The summed E-state index contributed by atoms with van der Waals surface area (Å²) >= 11 is 0. The Hall–Kier alpha value is -2.69. The molecule has 1 aliphatic rings. The molecule has 2 aromatic rings. The topological polar surface area (TPSA) is 75.3 Å². The van der Waals surface area contributed by atoms with E-state index in [2.05, 4.69) is 17.2 Å². The van der Waals surface area contributed by atoms with Gasteiger partial charge in [0.1, 0.15) is 0 Å². The first-order valence-electron chi connectivity index (χ1n) is 6.62. The van der Waals surface area contributed by atoms with E-state index in [1.54, 1.807) is 6.07 Å². The van der Waals surface area contributed by atoms with E-state index in [-0.39, 0.29) is 11.6 Å². The number of aryl methyl sites for hydroxylation is 1. The molecule has 0 fully saturated rings. The fourth-order valence-electron chi connectivity index (χ4n) is 2.50. The van der Waals surface area contributed by atoms with Gasteiger partial charge in [0.2, 0.25) is 10.9 Å². The first kappa shape index (κ1) is 13.3. The van der Waals surface area contributed by atoms with Gasteiger partial charge in [-0.2, -0.15) is 0 Å². The van der Waals surface area contributed by atoms with Gasteiger partial charge in [-0.3, -0.25) is 14.4 Å². The molecule has 5 heteroatoms. The number of amides is 1. The molecule has 1 aliphatic heterocycles. The van der Waals surface area contributed by atoms with Gasteiger partial charge in [0.05, 0.1) is 16.9 Å². The normalized spacial score (nSPS) is 14.5. The number of nitrogens with one attached hydrogen (secondary N) is 2. The van der Waals surface area contributed by atoms with E-state index in [9.17, 15) is 14.4 Å². The molecule has 0 bridgehead atoms. The van der Waals surface area contributed by atoms with Gasteiger partial charge >= 0.3 is 0 Å². The summed E-state index contributed by atoms with van der Waals surface area (Å²) in [4.78, 5) is 34.7. The van der Waals surface area contributed by atoms with E-state index in [4.69, 9.17) is 0 Å². The Morgan fingerprint density at radius 2 is 1.95 bits per heavy atom. The third kappa shape index (κ3) is 2.16. The van der Waals surface area contributed by atoms with Crippen LogP contribution in [0.25, 0.3) is 0 Å². The number of carbonyl (C=O) groups excluding carboxylic acids is 1. The summed E-state index contributed by atoms with van der Waals surface area (Å²) in [6.45, 7) is 6.32. The lowest BCUT2D eigenvalue weighted by Crippen LogP contribution is -2.32. The third-order valence-corrected chi connectivity index (χ3v) is 3.71. The number of fused-ring (bicyclic) bond motifs is 1. The van der Waals surface area contributed by atoms with Crippen molar-refractivity contribution in [1.29, 1.82) is 0 Å². The van der Waals surface area contributed by atoms with Crippen LogP contribution in [0.3, 0.4) is 0 Å². The second-order valence-electron chi connectivity index (χ2n) is 5.27. The number of carbonyl (C=O) groups is 1. The third-order valence-electron chi connectivity index (χ3n) is 3.71. The highest BCUT2D eigenvalue weighted by Crippen LogP contribution is 2.28. The van der Waals surface area contributed by atoms with Gasteiger partial charge in [0.15, 0.2) is 0 Å². The number of benzene rings is 1. The van der Waals surface area contributed by atoms with Gasteiger partial charge in [-0.05, 0) is 30.5 Å². The second-order valence-corrected chi connectivity index (χ2v) is 5.27. The number of hydrogen-bond donors (Lipinski definition) is 2. The van der Waals surface area contributed by atoms with Crippen molar-refractivity contribution in [2.75, 3.05) is 11.9 Å². The number of hydrogen-bond acceptors (Lipinski definition) is 4. The van der Waals surface area contributed by atoms with E-state index in [1.165, 1.54) is 6.07 Å². The van der Waals surface area contributed by atoms with Crippen molar-refractivity contribution >= 4 is 17.3 Å². The minimum atomic E-state index is -0.553. The van der Waals surface area contributed by atoms with Gasteiger partial charge in [-0.15, -0.1) is 0 Å². The maximum absolute atomic E-state index is 12.3. The van der Waals surface area contributed by atoms with Crippen LogP contribution < -0.4 is 21.5 Å². The average molecular weight is 282 g/mol. The monoisotopic (exact) mass is 282 g/mol. The van der Waals surface area contributed by atoms with Crippen LogP contribution in [0, 0.1) is 6.92 Å². The number of rotatable bonds is 2. The highest BCUT2D eigenvalue weighted by molar-refractivity contribution is 6.02. The van der Waals surface area contributed by atoms with Gasteiger partial charge in [0, 0.05) is 12.6 Å². The SMILES string of the molecule is C=C1CNC(=O)c2c(Nc3cc(=O)c3=O)ccc(C)c2C1. The van der Waals surface area contributed by atoms with Crippen molar-refractivity contribution in [3.8, 4) is 0 Å². The van der Waals surface area contributed by atoms with E-state index in [0.717, 1.165) is 16.7 Å². The van der Waals surface area contributed by atoms with Crippen LogP contribution in [0.1, 0.15) is 21.5 Å². The van der Waals surface area contributed by atoms with Crippen molar-refractivity contribution in [3.63, 3.8) is 0 Å². The Balaban J connectivity index is 2.11. The Kier molecular flexibility index (Phi) is 2.97. The highest BCUT2D eigenvalue weighted by atomic mass is 16.2. The summed E-state index contributed by atoms with van der Waals surface area (Å²) in [5.41, 5.74) is 3.03. The van der Waals surface area contributed by atoms with Crippen LogP contribution in [0.5, 0.6) is 0 Å². The first-order valence-corrected chi connectivity index (χ1v) is 6.62. The Labute approximate surface area is 121 Å². The molecule has 1 amide bonds. The van der Waals surface area contributed by atoms with Crippen LogP contribution >= 0.6 is 0 Å². The molecule has 0 atom stereocenters. The maximum atomic E-state index is 12.3. The molecule has 106 valence electrons. The molecule has 21 heavy (non-hydrogen) atoms. The molecule has 0 radical (unpaired) electrons. The minimum absolute atomic E-state index is 0.200. The largest absolute Gasteiger partial charge is 0.351 e. The standard InChI is InChI=1S/C16H14N2O3/c1-8-5-10-9(2)3-4-11(14(10)16(21)17-7-8)18-12-6-13(19)15(12)20/h3-4,6,18H,1,5,7H2,2H3,(H,17,21). The molecule has 0 aromatic heterocycles. The molecule has 1 heterocycles. The van der Waals surface area contributed by atoms with Crippen molar-refractivity contribution in [3.05, 3.63) is 67.5 Å². The molecule has 0 spiro atoms. The second kappa shape index (κ2) is 4.70. The van der Waals surface area contributed by atoms with Crippen molar-refractivity contribution in [1.82, 2.24) is 5.32 Å². The molecule has 2 aromatic carbocycles. The zero-order valence-electron chi connectivity index (χ0n) is 11.6. The van der Waals surface area contributed by atoms with Crippen LogP contribution in [0.2, 0.25) is 0 Å². The Morgan fingerprint density at radius 3 is 2.62 bits per heavy atom. The molecule has 3 rings (SSSR count). The smallest absolute Gasteiger partial charge is 0.253 e. The summed E-state index contributed by atoms with van der Waals surface area (Å²) in [5, 5.41) is 5.68. The molecular formula is C16H14N2O3. The summed E-state index contributed by atoms with van der Waals surface area (Å²) in [6.07, 6.45) is 0.612. The molecule has 0 saturated heterocycles. The molecule has 5 nitrogen and oxygen atoms in total. The van der Waals surface area contributed by atoms with Crippen molar-refractivity contribution < 1.29 is 4.79 Å². The fraction of sp³-hybridized carbons (Fsp3) is 0.188. The van der Waals surface area contributed by atoms with E-state index in [0.29, 0.717) is 24.2 Å². The fourth-order valence-corrected chi connectivity index (χ4v) is 2.50. The summed E-state index contributed by atoms with van der Waals surface area (Å²) < 4.78 is 0. The van der Waals surface area contributed by atoms with E-state index >= 15 is 0 Å². The van der Waals surface area contributed by atoms with E-state index < -0.39 is 10.9 Å². The van der Waals surface area contributed by atoms with Crippen LogP contribution in [0.4, 0.5) is 11.4 Å². The Morgan fingerprint density at radius 1 is 1.19 bits per heavy atom. The van der Waals surface area contributed by atoms with Crippen LogP contribution in [-0.2, 0) is 6.42 Å². The van der Waals surface area contributed by atoms with Gasteiger partial charge in [-0.25, -0.2) is 0 Å². The lowest BCUT2D eigenvalue weighted by atomic mass is 9.95. The molecule has 2 N–H and O–H groups in total. The van der Waals surface area contributed by atoms with Gasteiger partial charge in [0.25, 0.3) is 5.91 Å². The quantitative estimate of drug-likeness (QED) is 0.640. The summed E-state index contributed by atoms with van der Waals surface area (Å²) in [5.74, 6) is -0.200.